The van der Waals surface area contributed by atoms with Crippen molar-refractivity contribution in [3.05, 3.63) is 70.6 Å². The number of amides is 1. The van der Waals surface area contributed by atoms with Gasteiger partial charge in [-0.3, -0.25) is 4.79 Å². The molecule has 4 rings (SSSR count). The number of nitrogens with zero attached hydrogens (tertiary/aromatic N) is 4. The molecule has 1 amide bonds. The maximum Gasteiger partial charge on any atom is 0.256 e. The number of aliphatic hydroxyl groups excluding tert-OH is 1. The highest BCUT2D eigenvalue weighted by Crippen LogP contribution is 2.29. The Morgan fingerprint density at radius 3 is 2.76 bits per heavy atom. The molecular weight excluding hydrogens is 444 g/mol. The molecule has 0 fully saturated rings. The first kappa shape index (κ1) is 22.5. The first-order chi connectivity index (χ1) is 15.9. The summed E-state index contributed by atoms with van der Waals surface area (Å²) in [4.78, 5) is 21.3. The number of hydrogen-bond acceptors (Lipinski definition) is 7. The number of benzene rings is 1. The Morgan fingerprint density at radius 2 is 2.03 bits per heavy atom. The van der Waals surface area contributed by atoms with Gasteiger partial charge in [0.05, 0.1) is 18.9 Å². The summed E-state index contributed by atoms with van der Waals surface area (Å²) in [7, 11) is 1.45. The Bertz CT molecular complexity index is 1310. The molecule has 0 bridgehead atoms. The van der Waals surface area contributed by atoms with Crippen LogP contribution >= 0.6 is 11.6 Å². The Morgan fingerprint density at radius 1 is 1.27 bits per heavy atom. The number of nitrogen functional groups attached to an aromatic ring is 1. The Kier molecular flexibility index (Phi) is 6.43. The van der Waals surface area contributed by atoms with Gasteiger partial charge in [0.25, 0.3) is 5.91 Å². The van der Waals surface area contributed by atoms with E-state index in [2.05, 4.69) is 20.4 Å². The van der Waals surface area contributed by atoms with Crippen LogP contribution in [-0.4, -0.2) is 44.3 Å². The molecule has 0 radical (unpaired) electrons. The molecule has 170 valence electrons. The molecule has 3 heterocycles. The van der Waals surface area contributed by atoms with E-state index in [1.165, 1.54) is 13.4 Å². The average molecular weight is 467 g/mol. The minimum Gasteiger partial charge on any atom is -0.480 e. The molecule has 1 unspecified atom stereocenters. The van der Waals surface area contributed by atoms with Crippen LogP contribution in [0.3, 0.4) is 0 Å². The van der Waals surface area contributed by atoms with Crippen LogP contribution in [0.4, 0.5) is 5.82 Å². The van der Waals surface area contributed by atoms with Gasteiger partial charge in [-0.1, -0.05) is 23.7 Å². The van der Waals surface area contributed by atoms with Crippen LogP contribution < -0.4 is 15.8 Å². The van der Waals surface area contributed by atoms with Gasteiger partial charge in [-0.25, -0.2) is 14.5 Å². The molecule has 0 spiro atoms. The van der Waals surface area contributed by atoms with Crippen molar-refractivity contribution in [3.8, 4) is 17.1 Å². The number of pyridine rings is 1. The molecule has 9 nitrogen and oxygen atoms in total. The molecule has 0 aliphatic carbocycles. The van der Waals surface area contributed by atoms with Crippen LogP contribution in [0, 0.1) is 6.92 Å². The summed E-state index contributed by atoms with van der Waals surface area (Å²) in [5.74, 6) is 0.199. The zero-order chi connectivity index (χ0) is 23.5. The maximum absolute atomic E-state index is 12.9. The Labute approximate surface area is 195 Å². The lowest BCUT2D eigenvalue weighted by atomic mass is 10.1. The number of methoxy groups -OCH3 is 1. The van der Waals surface area contributed by atoms with E-state index in [9.17, 15) is 9.90 Å². The lowest BCUT2D eigenvalue weighted by Crippen LogP contribution is -2.26. The number of anilines is 1. The SMILES string of the molecule is COc1ncc(-c2cc(C)c3c(N)ncnn23)cc1C(=O)NCCC(O)c1ccc(Cl)cc1. The number of nitrogens with one attached hydrogen (secondary N) is 1. The van der Waals surface area contributed by atoms with Gasteiger partial charge in [-0.05, 0) is 48.7 Å². The van der Waals surface area contributed by atoms with Gasteiger partial charge in [0, 0.05) is 23.3 Å². The zero-order valence-corrected chi connectivity index (χ0v) is 18.9. The molecule has 10 heteroatoms. The highest BCUT2D eigenvalue weighted by atomic mass is 35.5. The third-order valence-electron chi connectivity index (χ3n) is 5.32. The van der Waals surface area contributed by atoms with Crippen molar-refractivity contribution in [3.63, 3.8) is 0 Å². The highest BCUT2D eigenvalue weighted by Gasteiger charge is 2.19. The molecule has 1 aromatic carbocycles. The molecule has 0 aliphatic rings. The fraction of sp³-hybridized carbons (Fsp3) is 0.217. The minimum atomic E-state index is -0.728. The molecule has 1 atom stereocenters. The molecule has 3 aromatic heterocycles. The van der Waals surface area contributed by atoms with Crippen molar-refractivity contribution in [1.82, 2.24) is 24.9 Å². The van der Waals surface area contributed by atoms with Crippen LogP contribution in [0.25, 0.3) is 16.8 Å². The van der Waals surface area contributed by atoms with E-state index in [0.29, 0.717) is 28.3 Å². The van der Waals surface area contributed by atoms with Gasteiger partial charge in [0.15, 0.2) is 5.82 Å². The van der Waals surface area contributed by atoms with Crippen molar-refractivity contribution < 1.29 is 14.6 Å². The van der Waals surface area contributed by atoms with Crippen LogP contribution in [0.1, 0.15) is 34.0 Å². The third-order valence-corrected chi connectivity index (χ3v) is 5.57. The van der Waals surface area contributed by atoms with E-state index in [0.717, 1.165) is 16.8 Å². The number of ether oxygens (including phenoxy) is 1. The van der Waals surface area contributed by atoms with Crippen molar-refractivity contribution in [1.29, 1.82) is 0 Å². The predicted molar refractivity (Wildman–Crippen MR) is 125 cm³/mol. The summed E-state index contributed by atoms with van der Waals surface area (Å²) < 4.78 is 6.96. The van der Waals surface area contributed by atoms with Gasteiger partial charge < -0.3 is 20.9 Å². The van der Waals surface area contributed by atoms with E-state index in [4.69, 9.17) is 22.1 Å². The number of nitrogens with two attached hydrogens (primary N) is 1. The van der Waals surface area contributed by atoms with Crippen molar-refractivity contribution in [2.45, 2.75) is 19.4 Å². The zero-order valence-electron chi connectivity index (χ0n) is 18.1. The second-order valence-electron chi connectivity index (χ2n) is 7.51. The normalized spacial score (nSPS) is 12.0. The number of aliphatic hydroxyl groups is 1. The largest absolute Gasteiger partial charge is 0.480 e. The number of hydrogen-bond donors (Lipinski definition) is 3. The number of halogens is 1. The van der Waals surface area contributed by atoms with E-state index >= 15 is 0 Å². The molecule has 0 saturated heterocycles. The smallest absolute Gasteiger partial charge is 0.256 e. The summed E-state index contributed by atoms with van der Waals surface area (Å²) in [5.41, 5.74) is 9.99. The summed E-state index contributed by atoms with van der Waals surface area (Å²) in [6.45, 7) is 2.17. The summed E-state index contributed by atoms with van der Waals surface area (Å²) in [6, 6.07) is 10.5. The molecule has 0 aliphatic heterocycles. The second kappa shape index (κ2) is 9.43. The number of carbonyl (C=O) groups excluding carboxylic acids is 1. The molecule has 33 heavy (non-hydrogen) atoms. The number of fused-ring (bicyclic) bond motifs is 1. The second-order valence-corrected chi connectivity index (χ2v) is 7.95. The number of rotatable bonds is 7. The first-order valence-electron chi connectivity index (χ1n) is 10.2. The van der Waals surface area contributed by atoms with Gasteiger partial charge in [0.1, 0.15) is 17.4 Å². The van der Waals surface area contributed by atoms with Gasteiger partial charge >= 0.3 is 0 Å². The monoisotopic (exact) mass is 466 g/mol. The van der Waals surface area contributed by atoms with E-state index in [1.54, 1.807) is 41.0 Å². The number of carbonyl (C=O) groups is 1. The van der Waals surface area contributed by atoms with E-state index < -0.39 is 6.10 Å². The molecule has 4 N–H and O–H groups in total. The van der Waals surface area contributed by atoms with Crippen LogP contribution in [0.15, 0.2) is 48.9 Å². The van der Waals surface area contributed by atoms with E-state index in [-0.39, 0.29) is 23.9 Å². The number of aromatic nitrogens is 4. The quantitative estimate of drug-likeness (QED) is 0.381. The summed E-state index contributed by atoms with van der Waals surface area (Å²) in [5, 5.41) is 18.1. The van der Waals surface area contributed by atoms with Gasteiger partial charge in [-0.2, -0.15) is 5.10 Å². The van der Waals surface area contributed by atoms with Crippen LogP contribution in [0.2, 0.25) is 5.02 Å². The molecule has 4 aromatic rings. The van der Waals surface area contributed by atoms with Crippen molar-refractivity contribution >= 4 is 28.8 Å². The lowest BCUT2D eigenvalue weighted by Gasteiger charge is -2.13. The average Bonchev–Trinajstić information content (AvgIpc) is 3.16. The Balaban J connectivity index is 1.54. The third kappa shape index (κ3) is 4.59. The number of aryl methyl sites for hydroxylation is 1. The van der Waals surface area contributed by atoms with Gasteiger partial charge in [0.2, 0.25) is 5.88 Å². The topological polar surface area (TPSA) is 128 Å². The minimum absolute atomic E-state index is 0.196. The van der Waals surface area contributed by atoms with Gasteiger partial charge in [-0.15, -0.1) is 0 Å². The maximum atomic E-state index is 12.9. The molecule has 0 saturated carbocycles. The standard InChI is InChI=1S/C23H23ClN6O3/c1-13-9-18(30-20(13)21(25)28-12-29-30)15-10-17(23(33-2)27-11-15)22(32)26-8-7-19(31)14-3-5-16(24)6-4-14/h3-6,9-12,19,31H,7-8H2,1-2H3,(H,26,32)(H2,25,28,29). The van der Waals surface area contributed by atoms with E-state index in [1.807, 2.05) is 13.0 Å². The van der Waals surface area contributed by atoms with Crippen molar-refractivity contribution in [2.75, 3.05) is 19.4 Å². The summed E-state index contributed by atoms with van der Waals surface area (Å²) >= 11 is 5.89. The van der Waals surface area contributed by atoms with Crippen LogP contribution in [0.5, 0.6) is 5.88 Å². The van der Waals surface area contributed by atoms with Crippen molar-refractivity contribution in [2.24, 2.45) is 0 Å². The fourth-order valence-electron chi connectivity index (χ4n) is 3.65. The van der Waals surface area contributed by atoms with Crippen LogP contribution in [-0.2, 0) is 0 Å². The highest BCUT2D eigenvalue weighted by molar-refractivity contribution is 6.30. The molecular formula is C23H23ClN6O3. The lowest BCUT2D eigenvalue weighted by molar-refractivity contribution is 0.0939. The first-order valence-corrected chi connectivity index (χ1v) is 10.6. The Hall–Kier alpha value is -3.69. The fourth-order valence-corrected chi connectivity index (χ4v) is 3.77. The predicted octanol–water partition coefficient (Wildman–Crippen LogP) is 3.20. The summed E-state index contributed by atoms with van der Waals surface area (Å²) in [6.07, 6.45) is 2.59.